The second kappa shape index (κ2) is 6.75. The molecule has 0 unspecified atom stereocenters. The second-order valence-electron chi connectivity index (χ2n) is 1.67. The van der Waals surface area contributed by atoms with Gasteiger partial charge < -0.3 is 0 Å². The average molecular weight is 160 g/mol. The minimum atomic E-state index is -1.81. The lowest BCUT2D eigenvalue weighted by atomic mass is 10.7. The molecule has 0 aromatic rings. The fourth-order valence-corrected chi connectivity index (χ4v) is 1.18. The maximum atomic E-state index is 10.8. The highest BCUT2D eigenvalue weighted by Crippen LogP contribution is 2.04. The predicted molar refractivity (Wildman–Crippen MR) is 45.4 cm³/mol. The van der Waals surface area contributed by atoms with Gasteiger partial charge in [0, 0.05) is 13.1 Å². The van der Waals surface area contributed by atoms with E-state index in [1.165, 1.54) is 0 Å². The van der Waals surface area contributed by atoms with Crippen molar-refractivity contribution >= 4 is 8.10 Å². The summed E-state index contributed by atoms with van der Waals surface area (Å²) in [4.78, 5) is 0. The average Bonchev–Trinajstić information content (AvgIpc) is 1.97. The van der Waals surface area contributed by atoms with Crippen molar-refractivity contribution in [3.05, 3.63) is 25.3 Å². The van der Waals surface area contributed by atoms with Crippen LogP contribution in [0.1, 0.15) is 0 Å². The molecule has 0 atom stereocenters. The Bertz CT molecular complexity index is 122. The molecule has 0 saturated carbocycles. The summed E-state index contributed by atoms with van der Waals surface area (Å²) in [6, 6.07) is 0. The smallest absolute Gasteiger partial charge is 0.200 e. The van der Waals surface area contributed by atoms with Crippen LogP contribution < -0.4 is 10.2 Å². The Morgan fingerprint density at radius 2 is 1.60 bits per heavy atom. The van der Waals surface area contributed by atoms with Crippen molar-refractivity contribution in [3.8, 4) is 0 Å². The second-order valence-corrected chi connectivity index (χ2v) is 3.03. The molecule has 3 nitrogen and oxygen atoms in total. The van der Waals surface area contributed by atoms with Crippen molar-refractivity contribution in [1.29, 1.82) is 0 Å². The highest BCUT2D eigenvalue weighted by Gasteiger charge is 1.90. The van der Waals surface area contributed by atoms with E-state index in [0.29, 0.717) is 13.1 Å². The first-order valence-corrected chi connectivity index (χ1v) is 4.45. The molecular weight excluding hydrogens is 147 g/mol. The Hall–Kier alpha value is -0.370. The van der Waals surface area contributed by atoms with Gasteiger partial charge in [-0.2, -0.15) is 0 Å². The first-order valence-electron chi connectivity index (χ1n) is 3.04. The number of hydrogen-bond acceptors (Lipinski definition) is 1. The van der Waals surface area contributed by atoms with Gasteiger partial charge in [0.05, 0.1) is 0 Å². The van der Waals surface area contributed by atoms with Gasteiger partial charge in [0.25, 0.3) is 0 Å². The lowest BCUT2D eigenvalue weighted by molar-refractivity contribution is 0.574. The van der Waals surface area contributed by atoms with Crippen LogP contribution in [0.4, 0.5) is 0 Å². The van der Waals surface area contributed by atoms with Crippen LogP contribution in [0.3, 0.4) is 0 Å². The molecule has 0 saturated heterocycles. The number of nitrogens with one attached hydrogen (secondary N) is 2. The first kappa shape index (κ1) is 9.63. The van der Waals surface area contributed by atoms with Crippen LogP contribution in [-0.2, 0) is 4.57 Å². The first-order chi connectivity index (χ1) is 4.81. The standard InChI is InChI=1S/C6H13N2OP/c1-3-5-7-10(9)8-6-4-2/h3-4,10H,1-2,5-6H2,(H2,7,8,9). The van der Waals surface area contributed by atoms with E-state index in [1.54, 1.807) is 12.2 Å². The Morgan fingerprint density at radius 3 is 1.90 bits per heavy atom. The van der Waals surface area contributed by atoms with E-state index in [-0.39, 0.29) is 0 Å². The van der Waals surface area contributed by atoms with Crippen molar-refractivity contribution in [2.75, 3.05) is 13.1 Å². The Kier molecular flexibility index (Phi) is 6.50. The summed E-state index contributed by atoms with van der Waals surface area (Å²) in [5, 5.41) is 5.47. The van der Waals surface area contributed by atoms with E-state index in [9.17, 15) is 4.57 Å². The molecule has 0 aliphatic carbocycles. The molecule has 0 aromatic carbocycles. The summed E-state index contributed by atoms with van der Waals surface area (Å²) in [5.74, 6) is 0. The Labute approximate surface area is 62.1 Å². The zero-order valence-corrected chi connectivity index (χ0v) is 6.89. The molecule has 0 bridgehead atoms. The van der Waals surface area contributed by atoms with E-state index < -0.39 is 8.10 Å². The Balaban J connectivity index is 3.24. The molecule has 0 aromatic heterocycles. The molecule has 0 rings (SSSR count). The highest BCUT2D eigenvalue weighted by molar-refractivity contribution is 7.40. The van der Waals surface area contributed by atoms with Gasteiger partial charge >= 0.3 is 0 Å². The van der Waals surface area contributed by atoms with E-state index >= 15 is 0 Å². The number of hydrogen-bond donors (Lipinski definition) is 2. The van der Waals surface area contributed by atoms with Gasteiger partial charge in [-0.25, -0.2) is 0 Å². The van der Waals surface area contributed by atoms with Crippen LogP contribution in [0.2, 0.25) is 0 Å². The zero-order chi connectivity index (χ0) is 7.82. The van der Waals surface area contributed by atoms with E-state index in [1.807, 2.05) is 0 Å². The van der Waals surface area contributed by atoms with Gasteiger partial charge in [-0.05, 0) is 0 Å². The molecule has 0 fully saturated rings. The fraction of sp³-hybridized carbons (Fsp3) is 0.333. The van der Waals surface area contributed by atoms with Crippen molar-refractivity contribution in [3.63, 3.8) is 0 Å². The quantitative estimate of drug-likeness (QED) is 0.448. The summed E-state index contributed by atoms with van der Waals surface area (Å²) in [7, 11) is -1.81. The van der Waals surface area contributed by atoms with Crippen molar-refractivity contribution < 1.29 is 4.57 Å². The summed E-state index contributed by atoms with van der Waals surface area (Å²) in [6.07, 6.45) is 3.33. The largest absolute Gasteiger partial charge is 0.293 e. The molecule has 10 heavy (non-hydrogen) atoms. The van der Waals surface area contributed by atoms with Crippen LogP contribution in [0.15, 0.2) is 25.3 Å². The molecule has 0 amide bonds. The maximum Gasteiger partial charge on any atom is 0.200 e. The molecule has 4 heteroatoms. The molecule has 0 radical (unpaired) electrons. The third-order valence-electron chi connectivity index (χ3n) is 0.814. The lowest BCUT2D eigenvalue weighted by Crippen LogP contribution is -2.13. The van der Waals surface area contributed by atoms with Crippen LogP contribution in [0.25, 0.3) is 0 Å². The normalized spacial score (nSPS) is 9.70. The van der Waals surface area contributed by atoms with Crippen LogP contribution in [0.5, 0.6) is 0 Å². The molecule has 58 valence electrons. The van der Waals surface area contributed by atoms with Crippen LogP contribution >= 0.6 is 8.10 Å². The predicted octanol–water partition coefficient (Wildman–Crippen LogP) is 0.927. The molecule has 0 aliphatic rings. The van der Waals surface area contributed by atoms with Crippen molar-refractivity contribution in [1.82, 2.24) is 10.2 Å². The van der Waals surface area contributed by atoms with E-state index in [0.717, 1.165) is 0 Å². The lowest BCUT2D eigenvalue weighted by Gasteiger charge is -2.00. The zero-order valence-electron chi connectivity index (χ0n) is 5.89. The van der Waals surface area contributed by atoms with Crippen molar-refractivity contribution in [2.45, 2.75) is 0 Å². The minimum Gasteiger partial charge on any atom is -0.293 e. The summed E-state index contributed by atoms with van der Waals surface area (Å²) >= 11 is 0. The maximum absolute atomic E-state index is 10.8. The van der Waals surface area contributed by atoms with Gasteiger partial charge in [0.15, 0.2) is 8.10 Å². The van der Waals surface area contributed by atoms with E-state index in [2.05, 4.69) is 23.3 Å². The summed E-state index contributed by atoms with van der Waals surface area (Å²) in [5.41, 5.74) is 0. The third-order valence-corrected chi connectivity index (χ3v) is 1.86. The topological polar surface area (TPSA) is 41.1 Å². The SMILES string of the molecule is C=CCN[PH](=O)NCC=C. The van der Waals surface area contributed by atoms with Gasteiger partial charge in [-0.3, -0.25) is 14.7 Å². The monoisotopic (exact) mass is 160 g/mol. The highest BCUT2D eigenvalue weighted by atomic mass is 31.1. The van der Waals surface area contributed by atoms with Gasteiger partial charge in [0.1, 0.15) is 0 Å². The molecule has 0 spiro atoms. The van der Waals surface area contributed by atoms with Gasteiger partial charge in [-0.1, -0.05) is 12.2 Å². The van der Waals surface area contributed by atoms with Gasteiger partial charge in [0.2, 0.25) is 0 Å². The van der Waals surface area contributed by atoms with Crippen LogP contribution in [0, 0.1) is 0 Å². The molecule has 0 aliphatic heterocycles. The molecule has 0 heterocycles. The minimum absolute atomic E-state index is 0.571. The Morgan fingerprint density at radius 1 is 1.20 bits per heavy atom. The molecular formula is C6H13N2OP. The van der Waals surface area contributed by atoms with Crippen LogP contribution in [-0.4, -0.2) is 13.1 Å². The summed E-state index contributed by atoms with van der Waals surface area (Å²) < 4.78 is 10.8. The van der Waals surface area contributed by atoms with Gasteiger partial charge in [-0.15, -0.1) is 13.2 Å². The summed E-state index contributed by atoms with van der Waals surface area (Å²) in [6.45, 7) is 8.10. The molecule has 2 N–H and O–H groups in total. The third kappa shape index (κ3) is 5.76. The fourth-order valence-electron chi connectivity index (χ4n) is 0.392. The van der Waals surface area contributed by atoms with E-state index in [4.69, 9.17) is 0 Å². The van der Waals surface area contributed by atoms with Crippen molar-refractivity contribution in [2.24, 2.45) is 0 Å². The number of rotatable bonds is 6.